The van der Waals surface area contributed by atoms with Crippen LogP contribution >= 0.6 is 11.3 Å². The first-order chi connectivity index (χ1) is 10.4. The van der Waals surface area contributed by atoms with Gasteiger partial charge in [0.2, 0.25) is 5.91 Å². The first-order valence-corrected chi connectivity index (χ1v) is 8.05. The lowest BCUT2D eigenvalue weighted by Crippen LogP contribution is -2.39. The first-order valence-electron chi connectivity index (χ1n) is 7.17. The molecule has 1 amide bonds. The second kappa shape index (κ2) is 6.98. The van der Waals surface area contributed by atoms with Gasteiger partial charge in [0.25, 0.3) is 0 Å². The Labute approximate surface area is 134 Å². The summed E-state index contributed by atoms with van der Waals surface area (Å²) in [5, 5.41) is 15.3. The van der Waals surface area contributed by atoms with Crippen molar-refractivity contribution in [3.05, 3.63) is 35.5 Å². The molecule has 2 aromatic rings. The highest BCUT2D eigenvalue weighted by molar-refractivity contribution is 7.13. The van der Waals surface area contributed by atoms with Crippen molar-refractivity contribution < 1.29 is 9.90 Å². The number of nitrogens with zero attached hydrogens (tertiary/aromatic N) is 2. The van der Waals surface area contributed by atoms with Crippen molar-refractivity contribution in [1.29, 1.82) is 0 Å². The molecule has 0 aliphatic carbocycles. The van der Waals surface area contributed by atoms with E-state index in [2.05, 4.69) is 15.3 Å². The van der Waals surface area contributed by atoms with Gasteiger partial charge in [-0.25, -0.2) is 4.98 Å². The van der Waals surface area contributed by atoms with E-state index >= 15 is 0 Å². The molecule has 2 aromatic heterocycles. The quantitative estimate of drug-likeness (QED) is 0.886. The van der Waals surface area contributed by atoms with E-state index in [0.29, 0.717) is 5.69 Å². The van der Waals surface area contributed by atoms with Crippen molar-refractivity contribution >= 4 is 17.2 Å². The molecule has 0 aliphatic heterocycles. The summed E-state index contributed by atoms with van der Waals surface area (Å²) >= 11 is 1.47. The minimum Gasteiger partial charge on any atom is -0.391 e. The number of amides is 1. The first kappa shape index (κ1) is 16.6. The zero-order chi connectivity index (χ0) is 16.2. The molecule has 0 saturated carbocycles. The largest absolute Gasteiger partial charge is 0.391 e. The van der Waals surface area contributed by atoms with Crippen molar-refractivity contribution in [3.63, 3.8) is 0 Å². The topological polar surface area (TPSA) is 75.1 Å². The molecule has 1 atom stereocenters. The average molecular weight is 319 g/mol. The van der Waals surface area contributed by atoms with E-state index in [1.54, 1.807) is 6.20 Å². The number of aliphatic hydroxyl groups excluding tert-OH is 1. The van der Waals surface area contributed by atoms with Crippen molar-refractivity contribution in [3.8, 4) is 10.7 Å². The molecular weight excluding hydrogens is 298 g/mol. The van der Waals surface area contributed by atoms with Crippen LogP contribution in [-0.2, 0) is 11.2 Å². The summed E-state index contributed by atoms with van der Waals surface area (Å²) < 4.78 is 0. The molecule has 0 radical (unpaired) electrons. The maximum absolute atomic E-state index is 11.9. The number of aromatic nitrogens is 2. The van der Waals surface area contributed by atoms with E-state index in [1.165, 1.54) is 11.3 Å². The van der Waals surface area contributed by atoms with Gasteiger partial charge in [0, 0.05) is 18.1 Å². The maximum Gasteiger partial charge on any atom is 0.226 e. The third-order valence-electron chi connectivity index (χ3n) is 3.27. The lowest BCUT2D eigenvalue weighted by Gasteiger charge is -2.25. The van der Waals surface area contributed by atoms with Crippen molar-refractivity contribution in [2.24, 2.45) is 5.41 Å². The predicted molar refractivity (Wildman–Crippen MR) is 87.5 cm³/mol. The van der Waals surface area contributed by atoms with E-state index in [9.17, 15) is 9.90 Å². The molecule has 0 fully saturated rings. The second-order valence-electron chi connectivity index (χ2n) is 6.22. The monoisotopic (exact) mass is 319 g/mol. The van der Waals surface area contributed by atoms with Crippen molar-refractivity contribution in [2.75, 3.05) is 6.54 Å². The number of aliphatic hydroxyl groups is 1. The normalized spacial score (nSPS) is 12.9. The lowest BCUT2D eigenvalue weighted by molar-refractivity contribution is -0.121. The molecule has 2 heterocycles. The van der Waals surface area contributed by atoms with Crippen LogP contribution in [0.5, 0.6) is 0 Å². The van der Waals surface area contributed by atoms with Crippen LogP contribution in [0, 0.1) is 5.41 Å². The van der Waals surface area contributed by atoms with Gasteiger partial charge in [-0.1, -0.05) is 26.8 Å². The van der Waals surface area contributed by atoms with Gasteiger partial charge in [-0.05, 0) is 17.5 Å². The number of nitrogens with one attached hydrogen (secondary N) is 1. The fourth-order valence-corrected chi connectivity index (χ4v) is 2.53. The smallest absolute Gasteiger partial charge is 0.226 e. The zero-order valence-corrected chi connectivity index (χ0v) is 13.9. The van der Waals surface area contributed by atoms with E-state index in [1.807, 2.05) is 44.4 Å². The molecule has 0 aliphatic rings. The molecule has 118 valence electrons. The molecule has 0 aromatic carbocycles. The number of carbonyl (C=O) groups excluding carboxylic acids is 1. The average Bonchev–Trinajstić information content (AvgIpc) is 2.93. The number of thiazole rings is 1. The molecule has 0 saturated heterocycles. The van der Waals surface area contributed by atoms with Crippen molar-refractivity contribution in [2.45, 2.75) is 33.3 Å². The highest BCUT2D eigenvalue weighted by atomic mass is 32.1. The van der Waals surface area contributed by atoms with E-state index in [-0.39, 0.29) is 24.3 Å². The molecule has 6 heteroatoms. The Bertz CT molecular complexity index is 620. The third-order valence-corrected chi connectivity index (χ3v) is 4.18. The zero-order valence-electron chi connectivity index (χ0n) is 13.0. The van der Waals surface area contributed by atoms with Crippen LogP contribution < -0.4 is 5.32 Å². The minimum absolute atomic E-state index is 0.138. The van der Waals surface area contributed by atoms with E-state index < -0.39 is 6.10 Å². The van der Waals surface area contributed by atoms with Gasteiger partial charge in [-0.15, -0.1) is 11.3 Å². The van der Waals surface area contributed by atoms with Gasteiger partial charge < -0.3 is 10.4 Å². The Balaban J connectivity index is 1.89. The van der Waals surface area contributed by atoms with Crippen LogP contribution in [-0.4, -0.2) is 33.6 Å². The third kappa shape index (κ3) is 4.61. The standard InChI is InChI=1S/C16H21N3O2S/c1-16(2,3)13(20)9-18-14(21)8-11-10-22-15(19-11)12-6-4-5-7-17-12/h4-7,10,13,20H,8-9H2,1-3H3,(H,18,21). The molecule has 5 nitrogen and oxygen atoms in total. The van der Waals surface area contributed by atoms with Gasteiger partial charge in [0.05, 0.1) is 23.9 Å². The summed E-state index contributed by atoms with van der Waals surface area (Å²) in [5.74, 6) is -0.138. The molecule has 0 bridgehead atoms. The lowest BCUT2D eigenvalue weighted by atomic mass is 9.89. The molecule has 2 rings (SSSR count). The second-order valence-corrected chi connectivity index (χ2v) is 7.08. The Hall–Kier alpha value is -1.79. The number of rotatable bonds is 5. The molecular formula is C16H21N3O2S. The summed E-state index contributed by atoms with van der Waals surface area (Å²) in [4.78, 5) is 20.6. The number of pyridine rings is 1. The fraction of sp³-hybridized carbons (Fsp3) is 0.438. The molecule has 1 unspecified atom stereocenters. The van der Waals surface area contributed by atoms with Gasteiger partial charge in [-0.2, -0.15) is 0 Å². The fourth-order valence-electron chi connectivity index (χ4n) is 1.74. The van der Waals surface area contributed by atoms with Crippen molar-refractivity contribution in [1.82, 2.24) is 15.3 Å². The van der Waals surface area contributed by atoms with Crippen LogP contribution in [0.25, 0.3) is 10.7 Å². The Morgan fingerprint density at radius 2 is 2.18 bits per heavy atom. The Morgan fingerprint density at radius 1 is 1.41 bits per heavy atom. The van der Waals surface area contributed by atoms with Gasteiger partial charge in [0.15, 0.2) is 0 Å². The predicted octanol–water partition coefficient (Wildman–Crippen LogP) is 2.27. The summed E-state index contributed by atoms with van der Waals surface area (Å²) in [5.41, 5.74) is 1.27. The van der Waals surface area contributed by atoms with Gasteiger partial charge in [0.1, 0.15) is 5.01 Å². The van der Waals surface area contributed by atoms with E-state index in [0.717, 1.165) is 10.7 Å². The SMILES string of the molecule is CC(C)(C)C(O)CNC(=O)Cc1csc(-c2ccccn2)n1. The van der Waals surface area contributed by atoms with Crippen LogP contribution in [0.3, 0.4) is 0 Å². The molecule has 2 N–H and O–H groups in total. The number of hydrogen-bond donors (Lipinski definition) is 2. The summed E-state index contributed by atoms with van der Waals surface area (Å²) in [7, 11) is 0. The maximum atomic E-state index is 11.9. The van der Waals surface area contributed by atoms with Crippen LogP contribution in [0.2, 0.25) is 0 Å². The number of hydrogen-bond acceptors (Lipinski definition) is 5. The highest BCUT2D eigenvalue weighted by Gasteiger charge is 2.22. The summed E-state index contributed by atoms with van der Waals surface area (Å²) in [6, 6.07) is 5.65. The van der Waals surface area contributed by atoms with Crippen LogP contribution in [0.4, 0.5) is 0 Å². The Kier molecular flexibility index (Phi) is 5.26. The molecule has 0 spiro atoms. The summed E-state index contributed by atoms with van der Waals surface area (Å²) in [6.07, 6.45) is 1.35. The van der Waals surface area contributed by atoms with Crippen LogP contribution in [0.15, 0.2) is 29.8 Å². The van der Waals surface area contributed by atoms with Gasteiger partial charge >= 0.3 is 0 Å². The Morgan fingerprint density at radius 3 is 2.82 bits per heavy atom. The minimum atomic E-state index is -0.573. The highest BCUT2D eigenvalue weighted by Crippen LogP contribution is 2.21. The number of carbonyl (C=O) groups is 1. The summed E-state index contributed by atoms with van der Waals surface area (Å²) in [6.45, 7) is 6.05. The van der Waals surface area contributed by atoms with Crippen LogP contribution in [0.1, 0.15) is 26.5 Å². The van der Waals surface area contributed by atoms with Gasteiger partial charge in [-0.3, -0.25) is 9.78 Å². The van der Waals surface area contributed by atoms with E-state index in [4.69, 9.17) is 0 Å². The molecule has 22 heavy (non-hydrogen) atoms.